The van der Waals surface area contributed by atoms with Crippen LogP contribution in [-0.2, 0) is 14.4 Å². The second-order valence-electron chi connectivity index (χ2n) is 10.5. The van der Waals surface area contributed by atoms with Gasteiger partial charge in [0.15, 0.2) is 5.78 Å². The van der Waals surface area contributed by atoms with Crippen molar-refractivity contribution in [3.8, 4) is 0 Å². The van der Waals surface area contributed by atoms with Gasteiger partial charge in [-0.15, -0.1) is 0 Å². The number of Topliss-reactive ketones (excluding diaryl/α,β-unsaturated/α-hetero) is 1. The van der Waals surface area contributed by atoms with Crippen LogP contribution in [0.1, 0.15) is 36.1 Å². The summed E-state index contributed by atoms with van der Waals surface area (Å²) in [6.07, 6.45) is 0. The molecule has 3 aromatic rings. The topological polar surface area (TPSA) is 54.5 Å². The summed E-state index contributed by atoms with van der Waals surface area (Å²) in [5.74, 6) is -2.03. The second kappa shape index (κ2) is 7.11. The lowest BCUT2D eigenvalue weighted by molar-refractivity contribution is -0.133. The molecule has 0 N–H and O–H groups in total. The van der Waals surface area contributed by atoms with Gasteiger partial charge in [-0.2, -0.15) is 0 Å². The Labute approximate surface area is 205 Å². The molecule has 1 saturated heterocycles. The van der Waals surface area contributed by atoms with Gasteiger partial charge in [0, 0.05) is 0 Å². The number of hydrogen-bond acceptors (Lipinski definition) is 3. The zero-order chi connectivity index (χ0) is 24.7. The fraction of sp³-hybridized carbons (Fsp3) is 0.258. The first kappa shape index (κ1) is 21.7. The minimum atomic E-state index is -1.09. The normalized spacial score (nSPS) is 29.4. The molecule has 3 aromatic carbocycles. The Bertz CT molecular complexity index is 1370. The van der Waals surface area contributed by atoms with E-state index in [0.29, 0.717) is 5.69 Å². The van der Waals surface area contributed by atoms with Crippen LogP contribution in [0.4, 0.5) is 5.69 Å². The largest absolute Gasteiger partial charge is 0.298 e. The van der Waals surface area contributed by atoms with Gasteiger partial charge in [0.2, 0.25) is 11.8 Å². The summed E-state index contributed by atoms with van der Waals surface area (Å²) in [7, 11) is 0. The van der Waals surface area contributed by atoms with Crippen LogP contribution >= 0.6 is 0 Å². The SMILES string of the molecule is Cc1ccc(N2C(=O)C3C(C2=O)C2(C)C(=O)C3(C)C(c3ccccc3)=C2c2ccccc2)cc1C. The molecule has 4 heteroatoms. The Morgan fingerprint density at radius 1 is 0.629 bits per heavy atom. The summed E-state index contributed by atoms with van der Waals surface area (Å²) in [4.78, 5) is 43.6. The Morgan fingerprint density at radius 2 is 1.09 bits per heavy atom. The van der Waals surface area contributed by atoms with Crippen LogP contribution in [-0.4, -0.2) is 17.6 Å². The predicted molar refractivity (Wildman–Crippen MR) is 136 cm³/mol. The van der Waals surface area contributed by atoms with Gasteiger partial charge in [-0.05, 0) is 73.2 Å². The molecule has 2 amide bonds. The number of imide groups is 1. The number of benzene rings is 3. The second-order valence-corrected chi connectivity index (χ2v) is 10.5. The van der Waals surface area contributed by atoms with Gasteiger partial charge in [-0.25, -0.2) is 4.90 Å². The third-order valence-corrected chi connectivity index (χ3v) is 8.66. The van der Waals surface area contributed by atoms with Gasteiger partial charge in [0.25, 0.3) is 0 Å². The number of aryl methyl sites for hydroxylation is 2. The van der Waals surface area contributed by atoms with E-state index in [2.05, 4.69) is 0 Å². The summed E-state index contributed by atoms with van der Waals surface area (Å²) < 4.78 is 0. The molecular weight excluding hydrogens is 434 g/mol. The Morgan fingerprint density at radius 3 is 1.51 bits per heavy atom. The summed E-state index contributed by atoms with van der Waals surface area (Å²) in [6, 6.07) is 25.3. The molecule has 0 spiro atoms. The van der Waals surface area contributed by atoms with Crippen LogP contribution in [0.15, 0.2) is 78.9 Å². The lowest BCUT2D eigenvalue weighted by atomic mass is 9.63. The molecule has 4 unspecified atom stereocenters. The van der Waals surface area contributed by atoms with Crippen LogP contribution in [0.5, 0.6) is 0 Å². The fourth-order valence-corrected chi connectivity index (χ4v) is 6.93. The van der Waals surface area contributed by atoms with Crippen molar-refractivity contribution in [2.75, 3.05) is 4.90 Å². The fourth-order valence-electron chi connectivity index (χ4n) is 6.93. The van der Waals surface area contributed by atoms with E-state index < -0.39 is 22.7 Å². The highest BCUT2D eigenvalue weighted by Crippen LogP contribution is 2.73. The van der Waals surface area contributed by atoms with Gasteiger partial charge < -0.3 is 0 Å². The quantitative estimate of drug-likeness (QED) is 0.475. The first-order chi connectivity index (χ1) is 16.7. The van der Waals surface area contributed by atoms with Crippen molar-refractivity contribution in [1.29, 1.82) is 0 Å². The first-order valence-corrected chi connectivity index (χ1v) is 12.1. The van der Waals surface area contributed by atoms with E-state index >= 15 is 0 Å². The van der Waals surface area contributed by atoms with Crippen molar-refractivity contribution in [3.05, 3.63) is 101 Å². The van der Waals surface area contributed by atoms with Crippen molar-refractivity contribution in [2.24, 2.45) is 22.7 Å². The molecule has 0 radical (unpaired) electrons. The third kappa shape index (κ3) is 2.54. The highest BCUT2D eigenvalue weighted by atomic mass is 16.2. The van der Waals surface area contributed by atoms with Gasteiger partial charge in [-0.1, -0.05) is 66.7 Å². The molecule has 35 heavy (non-hydrogen) atoms. The monoisotopic (exact) mass is 461 g/mol. The molecule has 6 rings (SSSR count). The number of rotatable bonds is 3. The van der Waals surface area contributed by atoms with E-state index in [1.807, 2.05) is 107 Å². The lowest BCUT2D eigenvalue weighted by Crippen LogP contribution is -2.40. The summed E-state index contributed by atoms with van der Waals surface area (Å²) in [5, 5.41) is 0. The van der Waals surface area contributed by atoms with E-state index in [1.54, 1.807) is 0 Å². The standard InChI is InChI=1S/C31H27NO3/c1-18-15-16-22(17-19(18)2)32-27(33)25-26(28(32)34)31(4)24(21-13-9-6-10-14-21)23(30(25,3)29(31)35)20-11-7-5-8-12-20/h5-17,25-26H,1-4H3. The van der Waals surface area contributed by atoms with Crippen molar-refractivity contribution in [1.82, 2.24) is 0 Å². The molecule has 174 valence electrons. The Balaban J connectivity index is 1.61. The van der Waals surface area contributed by atoms with E-state index in [-0.39, 0.29) is 17.6 Å². The summed E-state index contributed by atoms with van der Waals surface area (Å²) in [6.45, 7) is 7.74. The van der Waals surface area contributed by atoms with Crippen molar-refractivity contribution in [2.45, 2.75) is 27.7 Å². The molecule has 1 saturated carbocycles. The van der Waals surface area contributed by atoms with E-state index in [9.17, 15) is 14.4 Å². The van der Waals surface area contributed by atoms with Crippen molar-refractivity contribution >= 4 is 34.4 Å². The number of ketones is 1. The predicted octanol–water partition coefficient (Wildman–Crippen LogP) is 5.63. The van der Waals surface area contributed by atoms with Crippen LogP contribution in [0, 0.1) is 36.5 Å². The maximum atomic E-state index is 14.3. The molecule has 2 aliphatic carbocycles. The average Bonchev–Trinajstić information content (AvgIpc) is 3.31. The van der Waals surface area contributed by atoms with E-state index in [0.717, 1.165) is 33.4 Å². The van der Waals surface area contributed by atoms with Gasteiger partial charge in [0.05, 0.1) is 28.4 Å². The number of amides is 2. The maximum Gasteiger partial charge on any atom is 0.239 e. The molecule has 2 fully saturated rings. The van der Waals surface area contributed by atoms with Gasteiger partial charge in [0.1, 0.15) is 0 Å². The maximum absolute atomic E-state index is 14.3. The number of carbonyl (C=O) groups is 3. The Kier molecular flexibility index (Phi) is 4.41. The van der Waals surface area contributed by atoms with E-state index in [1.165, 1.54) is 4.90 Å². The first-order valence-electron chi connectivity index (χ1n) is 12.1. The van der Waals surface area contributed by atoms with Crippen molar-refractivity contribution < 1.29 is 14.4 Å². The molecule has 4 nitrogen and oxygen atoms in total. The zero-order valence-electron chi connectivity index (χ0n) is 20.3. The number of anilines is 1. The number of allylic oxidation sites excluding steroid dienone is 2. The van der Waals surface area contributed by atoms with Crippen molar-refractivity contribution in [3.63, 3.8) is 0 Å². The average molecular weight is 462 g/mol. The molecule has 0 aromatic heterocycles. The van der Waals surface area contributed by atoms with Crippen LogP contribution in [0.3, 0.4) is 0 Å². The number of nitrogens with zero attached hydrogens (tertiary/aromatic N) is 1. The minimum Gasteiger partial charge on any atom is -0.298 e. The molecule has 2 bridgehead atoms. The van der Waals surface area contributed by atoms with Crippen LogP contribution in [0.2, 0.25) is 0 Å². The minimum absolute atomic E-state index is 0.0286. The molecule has 3 aliphatic rings. The van der Waals surface area contributed by atoms with Gasteiger partial charge in [-0.3, -0.25) is 14.4 Å². The number of carbonyl (C=O) groups excluding carboxylic acids is 3. The highest BCUT2D eigenvalue weighted by Gasteiger charge is 2.78. The Hall–Kier alpha value is -3.79. The highest BCUT2D eigenvalue weighted by molar-refractivity contribution is 6.34. The molecule has 4 atom stereocenters. The number of fused-ring (bicyclic) bond motifs is 5. The third-order valence-electron chi connectivity index (χ3n) is 8.66. The summed E-state index contributed by atoms with van der Waals surface area (Å²) in [5.41, 5.74) is 4.12. The summed E-state index contributed by atoms with van der Waals surface area (Å²) >= 11 is 0. The van der Waals surface area contributed by atoms with E-state index in [4.69, 9.17) is 0 Å². The number of hydrogen-bond donors (Lipinski definition) is 0. The molecule has 1 aliphatic heterocycles. The van der Waals surface area contributed by atoms with Crippen LogP contribution in [0.25, 0.3) is 11.1 Å². The zero-order valence-corrected chi connectivity index (χ0v) is 20.3. The van der Waals surface area contributed by atoms with Crippen LogP contribution < -0.4 is 4.90 Å². The smallest absolute Gasteiger partial charge is 0.239 e. The molecule has 1 heterocycles. The molecular formula is C31H27NO3. The van der Waals surface area contributed by atoms with Gasteiger partial charge >= 0.3 is 0 Å². The lowest BCUT2D eigenvalue weighted by Gasteiger charge is -2.35.